The van der Waals surface area contributed by atoms with Crippen LogP contribution in [0.3, 0.4) is 0 Å². The van der Waals surface area contributed by atoms with Gasteiger partial charge in [-0.15, -0.1) is 0 Å². The SMILES string of the molecule is CN1C(=O)Cn2c(=O)[nH]c3cccc1c32.Cc1ccc(S(=O)(=O)Nc2cccc([N+](=O)[O-])c2N)cc1.Nc1cccc([N+](=O)[O-])c1N. The number of rotatable bonds is 5. The summed E-state index contributed by atoms with van der Waals surface area (Å²) < 4.78 is 28.2. The average Bonchev–Trinajstić information content (AvgIpc) is 3.34. The predicted octanol–water partition coefficient (Wildman–Crippen LogP) is 3.35. The molecule has 17 nitrogen and oxygen atoms in total. The van der Waals surface area contributed by atoms with E-state index in [1.807, 2.05) is 25.1 Å². The second kappa shape index (κ2) is 13.3. The van der Waals surface area contributed by atoms with Crippen molar-refractivity contribution in [3.05, 3.63) is 115 Å². The second-order valence-electron chi connectivity index (χ2n) is 10.1. The number of aryl methyl sites for hydroxylation is 1. The number of aromatic nitrogens is 2. The minimum atomic E-state index is -3.85. The molecule has 0 unspecified atom stereocenters. The van der Waals surface area contributed by atoms with E-state index in [1.54, 1.807) is 24.1 Å². The maximum absolute atomic E-state index is 12.2. The van der Waals surface area contributed by atoms with Crippen LogP contribution in [0, 0.1) is 27.2 Å². The summed E-state index contributed by atoms with van der Waals surface area (Å²) in [6, 6.07) is 20.0. The molecule has 8 N–H and O–H groups in total. The van der Waals surface area contributed by atoms with Crippen LogP contribution < -0.4 is 32.5 Å². The van der Waals surface area contributed by atoms with Crippen molar-refractivity contribution in [2.45, 2.75) is 18.4 Å². The van der Waals surface area contributed by atoms with Crippen LogP contribution >= 0.6 is 0 Å². The van der Waals surface area contributed by atoms with Crippen LogP contribution in [-0.4, -0.2) is 40.8 Å². The highest BCUT2D eigenvalue weighted by Gasteiger charge is 2.24. The Morgan fingerprint density at radius 3 is 2.00 bits per heavy atom. The molecule has 1 aliphatic heterocycles. The Morgan fingerprint density at radius 1 is 0.830 bits per heavy atom. The number of carbonyl (C=O) groups excluding carboxylic acids is 1. The molecule has 1 aromatic heterocycles. The summed E-state index contributed by atoms with van der Waals surface area (Å²) in [6.07, 6.45) is 0. The molecule has 5 aromatic rings. The molecule has 0 atom stereocenters. The maximum Gasteiger partial charge on any atom is 0.327 e. The summed E-state index contributed by atoms with van der Waals surface area (Å²) in [5, 5.41) is 21.0. The molecule has 2 heterocycles. The number of nitrogen functional groups attached to an aromatic ring is 3. The number of benzene rings is 4. The first-order valence-electron chi connectivity index (χ1n) is 13.5. The van der Waals surface area contributed by atoms with E-state index >= 15 is 0 Å². The van der Waals surface area contributed by atoms with Crippen molar-refractivity contribution < 1.29 is 23.1 Å². The lowest BCUT2D eigenvalue weighted by molar-refractivity contribution is -0.384. The minimum absolute atomic E-state index is 0.0234. The van der Waals surface area contributed by atoms with E-state index in [-0.39, 0.29) is 57.2 Å². The van der Waals surface area contributed by atoms with E-state index in [0.29, 0.717) is 0 Å². The first kappa shape index (κ1) is 33.5. The predicted molar refractivity (Wildman–Crippen MR) is 177 cm³/mol. The number of hydrogen-bond acceptors (Lipinski definition) is 11. The largest absolute Gasteiger partial charge is 0.397 e. The number of anilines is 5. The Balaban J connectivity index is 0.000000168. The van der Waals surface area contributed by atoms with Crippen LogP contribution in [0.15, 0.2) is 88.6 Å². The molecule has 0 saturated heterocycles. The molecule has 0 radical (unpaired) electrons. The molecule has 47 heavy (non-hydrogen) atoms. The van der Waals surface area contributed by atoms with Gasteiger partial charge in [0.2, 0.25) is 5.91 Å². The molecule has 0 bridgehead atoms. The molecule has 18 heteroatoms. The van der Waals surface area contributed by atoms with Crippen molar-refractivity contribution in [1.82, 2.24) is 9.55 Å². The highest BCUT2D eigenvalue weighted by molar-refractivity contribution is 7.92. The number of aromatic amines is 1. The topological polar surface area (TPSA) is 269 Å². The number of likely N-dealkylation sites (N-methyl/N-ethyl adjacent to an activating group) is 1. The van der Waals surface area contributed by atoms with Gasteiger partial charge in [0.05, 0.1) is 42.8 Å². The molecule has 4 aromatic carbocycles. The molecule has 0 fully saturated rings. The molecular formula is C29H29N9O8S. The minimum Gasteiger partial charge on any atom is -0.397 e. The van der Waals surface area contributed by atoms with Crippen molar-refractivity contribution >= 4 is 66.8 Å². The Labute approximate surface area is 266 Å². The maximum atomic E-state index is 12.2. The third-order valence-corrected chi connectivity index (χ3v) is 8.35. The Morgan fingerprint density at radius 2 is 1.40 bits per heavy atom. The van der Waals surface area contributed by atoms with Crippen LogP contribution in [0.2, 0.25) is 0 Å². The van der Waals surface area contributed by atoms with Crippen molar-refractivity contribution in [3.8, 4) is 0 Å². The summed E-state index contributed by atoms with van der Waals surface area (Å²) in [4.78, 5) is 47.3. The fourth-order valence-corrected chi connectivity index (χ4v) is 5.53. The second-order valence-corrected chi connectivity index (χ2v) is 11.8. The van der Waals surface area contributed by atoms with Crippen LogP contribution in [0.1, 0.15) is 5.56 Å². The number of carbonyl (C=O) groups is 1. The molecule has 1 amide bonds. The first-order chi connectivity index (χ1) is 22.1. The van der Waals surface area contributed by atoms with Gasteiger partial charge in [-0.1, -0.05) is 35.9 Å². The number of nitrogens with zero attached hydrogens (tertiary/aromatic N) is 4. The normalized spacial score (nSPS) is 12.0. The first-order valence-corrected chi connectivity index (χ1v) is 15.0. The van der Waals surface area contributed by atoms with Crippen molar-refractivity contribution in [3.63, 3.8) is 0 Å². The molecule has 0 aliphatic carbocycles. The van der Waals surface area contributed by atoms with E-state index in [2.05, 4.69) is 9.71 Å². The van der Waals surface area contributed by atoms with Crippen LogP contribution in [0.4, 0.5) is 39.8 Å². The van der Waals surface area contributed by atoms with Gasteiger partial charge in [-0.3, -0.25) is 34.3 Å². The van der Waals surface area contributed by atoms with Gasteiger partial charge in [0.25, 0.3) is 21.4 Å². The summed E-state index contributed by atoms with van der Waals surface area (Å²) >= 11 is 0. The smallest absolute Gasteiger partial charge is 0.327 e. The number of H-pyrrole nitrogens is 1. The Bertz CT molecular complexity index is 2180. The van der Waals surface area contributed by atoms with Gasteiger partial charge < -0.3 is 27.1 Å². The summed E-state index contributed by atoms with van der Waals surface area (Å²) in [7, 11) is -2.13. The Kier molecular flexibility index (Phi) is 9.46. The number of hydrogen-bond donors (Lipinski definition) is 5. The molecule has 6 rings (SSSR count). The lowest BCUT2D eigenvalue weighted by atomic mass is 10.2. The van der Waals surface area contributed by atoms with E-state index in [1.165, 1.54) is 53.1 Å². The number of nitro benzene ring substituents is 2. The summed E-state index contributed by atoms with van der Waals surface area (Å²) in [5.41, 5.74) is 18.8. The highest BCUT2D eigenvalue weighted by Crippen LogP contribution is 2.31. The average molecular weight is 664 g/mol. The fourth-order valence-electron chi connectivity index (χ4n) is 4.45. The van der Waals surface area contributed by atoms with E-state index in [0.717, 1.165) is 22.3 Å². The number of nitro groups is 2. The lowest BCUT2D eigenvalue weighted by Crippen LogP contribution is -2.37. The van der Waals surface area contributed by atoms with Gasteiger partial charge in [0.1, 0.15) is 17.9 Å². The number of nitrogens with one attached hydrogen (secondary N) is 2. The van der Waals surface area contributed by atoms with Crippen molar-refractivity contribution in [1.29, 1.82) is 0 Å². The van der Waals surface area contributed by atoms with Crippen molar-refractivity contribution in [2.75, 3.05) is 33.9 Å². The molecule has 1 aliphatic rings. The van der Waals surface area contributed by atoms with Gasteiger partial charge >= 0.3 is 5.69 Å². The van der Waals surface area contributed by atoms with Gasteiger partial charge in [-0.05, 0) is 43.3 Å². The number of imidazole rings is 1. The zero-order valence-electron chi connectivity index (χ0n) is 24.9. The van der Waals surface area contributed by atoms with Crippen molar-refractivity contribution in [2.24, 2.45) is 0 Å². The van der Waals surface area contributed by atoms with Gasteiger partial charge in [-0.2, -0.15) is 0 Å². The zero-order chi connectivity index (χ0) is 34.6. The lowest BCUT2D eigenvalue weighted by Gasteiger charge is -2.23. The molecule has 0 spiro atoms. The van der Waals surface area contributed by atoms with Gasteiger partial charge in [0, 0.05) is 19.2 Å². The fraction of sp³-hybridized carbons (Fsp3) is 0.103. The summed E-state index contributed by atoms with van der Waals surface area (Å²) in [6.45, 7) is 1.95. The molecular weight excluding hydrogens is 634 g/mol. The number of sulfonamides is 1. The van der Waals surface area contributed by atoms with Crippen LogP contribution in [0.5, 0.6) is 0 Å². The monoisotopic (exact) mass is 663 g/mol. The third kappa shape index (κ3) is 7.12. The quantitative estimate of drug-likeness (QED) is 0.103. The summed E-state index contributed by atoms with van der Waals surface area (Å²) in [5.74, 6) is -0.0725. The van der Waals surface area contributed by atoms with E-state index in [9.17, 15) is 38.2 Å². The standard InChI is InChI=1S/C13H13N3O4S.C10H9N3O2.C6H7N3O2/c1-9-5-7-10(8-6-9)21(19,20)15-11-3-2-4-12(13(11)14)16(17)18;1-12-7-4-2-3-6-9(7)13(5-8(12)14)10(15)11-6;7-4-2-1-3-5(6(4)8)9(10)11/h2-8,15H,14H2,1H3;2-4H,5H2,1H3,(H,11,15);1-3H,7-8H2. The van der Waals surface area contributed by atoms with E-state index in [4.69, 9.17) is 17.2 Å². The highest BCUT2D eigenvalue weighted by atomic mass is 32.2. The van der Waals surface area contributed by atoms with Gasteiger partial charge in [-0.25, -0.2) is 13.2 Å². The van der Waals surface area contributed by atoms with Crippen LogP contribution in [0.25, 0.3) is 11.0 Å². The molecule has 244 valence electrons. The van der Waals surface area contributed by atoms with Crippen LogP contribution in [-0.2, 0) is 21.4 Å². The number of para-hydroxylation sites is 3. The number of amides is 1. The number of nitrogens with two attached hydrogens (primary N) is 3. The Hall–Kier alpha value is -6.43. The van der Waals surface area contributed by atoms with Gasteiger partial charge in [0.15, 0.2) is 0 Å². The molecule has 0 saturated carbocycles. The van der Waals surface area contributed by atoms with E-state index < -0.39 is 19.9 Å². The third-order valence-electron chi connectivity index (χ3n) is 6.97. The zero-order valence-corrected chi connectivity index (χ0v) is 25.7.